The van der Waals surface area contributed by atoms with E-state index in [1.54, 1.807) is 0 Å². The van der Waals surface area contributed by atoms with Gasteiger partial charge in [-0.1, -0.05) is 25.0 Å². The Balaban J connectivity index is 1.98. The minimum absolute atomic E-state index is 0.513. The van der Waals surface area contributed by atoms with Gasteiger partial charge in [-0.2, -0.15) is 0 Å². The molecule has 2 aliphatic rings. The normalized spacial score (nSPS) is 22.5. The zero-order chi connectivity index (χ0) is 10.3. The van der Waals surface area contributed by atoms with E-state index >= 15 is 0 Å². The number of rotatable bonds is 0. The third-order valence-corrected chi connectivity index (χ3v) is 5.38. The average molecular weight is 219 g/mol. The first kappa shape index (κ1) is 9.59. The van der Waals surface area contributed by atoms with Crippen LogP contribution in [0.1, 0.15) is 31.2 Å². The maximum Gasteiger partial charge on any atom is 0.0481 e. The first-order valence-electron chi connectivity index (χ1n) is 5.82. The third-order valence-electron chi connectivity index (χ3n) is 3.65. The standard InChI is InChI=1S/C13H17NS/c1-10-5-4-6-11-12(10)15-13(9-14-11)7-2-3-8-13/h4-6,14H,2-3,7-9H2,1H3. The molecule has 0 amide bonds. The Morgan fingerprint density at radius 2 is 2.07 bits per heavy atom. The first-order chi connectivity index (χ1) is 7.29. The van der Waals surface area contributed by atoms with E-state index in [2.05, 4.69) is 42.2 Å². The van der Waals surface area contributed by atoms with E-state index in [4.69, 9.17) is 0 Å². The second kappa shape index (κ2) is 3.44. The molecule has 15 heavy (non-hydrogen) atoms. The van der Waals surface area contributed by atoms with Crippen molar-refractivity contribution in [3.63, 3.8) is 0 Å². The van der Waals surface area contributed by atoms with Gasteiger partial charge in [0.05, 0.1) is 0 Å². The van der Waals surface area contributed by atoms with E-state index in [-0.39, 0.29) is 0 Å². The van der Waals surface area contributed by atoms with Crippen molar-refractivity contribution in [2.24, 2.45) is 0 Å². The molecule has 0 radical (unpaired) electrons. The molecule has 1 aliphatic heterocycles. The van der Waals surface area contributed by atoms with Crippen LogP contribution in [-0.4, -0.2) is 11.3 Å². The Kier molecular flexibility index (Phi) is 2.20. The van der Waals surface area contributed by atoms with Crippen molar-refractivity contribution >= 4 is 17.4 Å². The molecule has 2 heteroatoms. The molecule has 1 N–H and O–H groups in total. The van der Waals surface area contributed by atoms with E-state index in [0.717, 1.165) is 6.54 Å². The zero-order valence-electron chi connectivity index (χ0n) is 9.18. The molecule has 0 unspecified atom stereocenters. The van der Waals surface area contributed by atoms with Gasteiger partial charge in [0, 0.05) is 21.9 Å². The molecule has 80 valence electrons. The van der Waals surface area contributed by atoms with E-state index < -0.39 is 0 Å². The average Bonchev–Trinajstić information content (AvgIpc) is 2.68. The van der Waals surface area contributed by atoms with Crippen LogP contribution in [-0.2, 0) is 0 Å². The van der Waals surface area contributed by atoms with Gasteiger partial charge in [-0.15, -0.1) is 11.8 Å². The molecule has 0 bridgehead atoms. The summed E-state index contributed by atoms with van der Waals surface area (Å²) in [5, 5.41) is 3.62. The highest BCUT2D eigenvalue weighted by Crippen LogP contribution is 2.51. The second-order valence-electron chi connectivity index (χ2n) is 4.80. The number of benzene rings is 1. The summed E-state index contributed by atoms with van der Waals surface area (Å²) in [6.07, 6.45) is 5.60. The molecular weight excluding hydrogens is 202 g/mol. The molecule has 0 atom stereocenters. The maximum absolute atomic E-state index is 3.62. The predicted octanol–water partition coefficient (Wildman–Crippen LogP) is 3.83. The molecule has 1 aliphatic carbocycles. The van der Waals surface area contributed by atoms with Crippen LogP contribution in [0.25, 0.3) is 0 Å². The molecule has 1 fully saturated rings. The fourth-order valence-electron chi connectivity index (χ4n) is 2.73. The van der Waals surface area contributed by atoms with Crippen molar-refractivity contribution in [2.75, 3.05) is 11.9 Å². The summed E-state index contributed by atoms with van der Waals surface area (Å²) in [6.45, 7) is 3.38. The quantitative estimate of drug-likeness (QED) is 0.712. The number of nitrogens with one attached hydrogen (secondary N) is 1. The maximum atomic E-state index is 3.62. The van der Waals surface area contributed by atoms with Crippen LogP contribution < -0.4 is 5.32 Å². The minimum Gasteiger partial charge on any atom is -0.383 e. The van der Waals surface area contributed by atoms with Gasteiger partial charge in [-0.05, 0) is 31.4 Å². The van der Waals surface area contributed by atoms with E-state index in [1.165, 1.54) is 41.8 Å². The fraction of sp³-hybridized carbons (Fsp3) is 0.538. The van der Waals surface area contributed by atoms with Gasteiger partial charge in [-0.25, -0.2) is 0 Å². The highest BCUT2D eigenvalue weighted by atomic mass is 32.2. The Labute approximate surface area is 95.6 Å². The van der Waals surface area contributed by atoms with E-state index in [9.17, 15) is 0 Å². The van der Waals surface area contributed by atoms with Crippen LogP contribution >= 0.6 is 11.8 Å². The van der Waals surface area contributed by atoms with Gasteiger partial charge >= 0.3 is 0 Å². The summed E-state index contributed by atoms with van der Waals surface area (Å²) in [7, 11) is 0. The molecule has 1 aromatic carbocycles. The predicted molar refractivity (Wildman–Crippen MR) is 66.7 cm³/mol. The van der Waals surface area contributed by atoms with Gasteiger partial charge in [0.15, 0.2) is 0 Å². The summed E-state index contributed by atoms with van der Waals surface area (Å²) < 4.78 is 0.513. The Morgan fingerprint density at radius 3 is 2.87 bits per heavy atom. The van der Waals surface area contributed by atoms with Gasteiger partial charge < -0.3 is 5.32 Å². The Hall–Kier alpha value is -0.630. The summed E-state index contributed by atoms with van der Waals surface area (Å²) in [5.74, 6) is 0. The van der Waals surface area contributed by atoms with Crippen molar-refractivity contribution in [1.29, 1.82) is 0 Å². The van der Waals surface area contributed by atoms with Crippen LogP contribution in [0.15, 0.2) is 23.1 Å². The number of hydrogen-bond donors (Lipinski definition) is 1. The SMILES string of the molecule is Cc1cccc2c1SC1(CCCC1)CN2. The minimum atomic E-state index is 0.513. The number of fused-ring (bicyclic) bond motifs is 1. The lowest BCUT2D eigenvalue weighted by molar-refractivity contribution is 0.630. The van der Waals surface area contributed by atoms with Gasteiger partial charge in [0.1, 0.15) is 0 Å². The van der Waals surface area contributed by atoms with Crippen LogP contribution in [0.3, 0.4) is 0 Å². The Morgan fingerprint density at radius 1 is 1.27 bits per heavy atom. The second-order valence-corrected chi connectivity index (χ2v) is 6.28. The van der Waals surface area contributed by atoms with Crippen LogP contribution in [0.4, 0.5) is 5.69 Å². The van der Waals surface area contributed by atoms with E-state index in [0.29, 0.717) is 4.75 Å². The monoisotopic (exact) mass is 219 g/mol. The largest absolute Gasteiger partial charge is 0.383 e. The van der Waals surface area contributed by atoms with Crippen LogP contribution in [0, 0.1) is 6.92 Å². The summed E-state index contributed by atoms with van der Waals surface area (Å²) >= 11 is 2.13. The van der Waals surface area contributed by atoms with Crippen molar-refractivity contribution in [3.05, 3.63) is 23.8 Å². The van der Waals surface area contributed by atoms with E-state index in [1.807, 2.05) is 0 Å². The van der Waals surface area contributed by atoms with Crippen molar-refractivity contribution in [1.82, 2.24) is 0 Å². The van der Waals surface area contributed by atoms with Gasteiger partial charge in [0.25, 0.3) is 0 Å². The highest BCUT2D eigenvalue weighted by Gasteiger charge is 2.38. The number of aryl methyl sites for hydroxylation is 1. The van der Waals surface area contributed by atoms with Crippen molar-refractivity contribution < 1.29 is 0 Å². The molecule has 0 aromatic heterocycles. The van der Waals surface area contributed by atoms with Crippen LogP contribution in [0.5, 0.6) is 0 Å². The van der Waals surface area contributed by atoms with Gasteiger partial charge in [-0.3, -0.25) is 0 Å². The number of thioether (sulfide) groups is 1. The fourth-order valence-corrected chi connectivity index (χ4v) is 4.28. The Bertz CT molecular complexity index is 380. The molecule has 1 aromatic rings. The van der Waals surface area contributed by atoms with Crippen LogP contribution in [0.2, 0.25) is 0 Å². The topological polar surface area (TPSA) is 12.0 Å². The highest BCUT2D eigenvalue weighted by molar-refractivity contribution is 8.01. The summed E-state index contributed by atoms with van der Waals surface area (Å²) in [4.78, 5) is 1.49. The third kappa shape index (κ3) is 1.55. The lowest BCUT2D eigenvalue weighted by Crippen LogP contribution is -2.33. The summed E-state index contributed by atoms with van der Waals surface area (Å²) in [5.41, 5.74) is 2.77. The molecule has 0 saturated heterocycles. The zero-order valence-corrected chi connectivity index (χ0v) is 9.99. The molecule has 1 heterocycles. The van der Waals surface area contributed by atoms with Gasteiger partial charge in [0.2, 0.25) is 0 Å². The number of hydrogen-bond acceptors (Lipinski definition) is 2. The smallest absolute Gasteiger partial charge is 0.0481 e. The number of anilines is 1. The lowest BCUT2D eigenvalue weighted by atomic mass is 10.1. The first-order valence-corrected chi connectivity index (χ1v) is 6.63. The summed E-state index contributed by atoms with van der Waals surface area (Å²) in [6, 6.07) is 6.58. The lowest BCUT2D eigenvalue weighted by Gasteiger charge is -2.35. The van der Waals surface area contributed by atoms with Crippen molar-refractivity contribution in [2.45, 2.75) is 42.2 Å². The molecule has 1 spiro atoms. The molecule has 3 rings (SSSR count). The molecule has 1 nitrogen and oxygen atoms in total. The van der Waals surface area contributed by atoms with Crippen molar-refractivity contribution in [3.8, 4) is 0 Å². The molecule has 1 saturated carbocycles. The molecular formula is C13H17NS.